The van der Waals surface area contributed by atoms with Gasteiger partial charge >= 0.3 is 0 Å². The van der Waals surface area contributed by atoms with Crippen LogP contribution in [0.5, 0.6) is 0 Å². The van der Waals surface area contributed by atoms with Crippen LogP contribution < -0.4 is 5.73 Å². The van der Waals surface area contributed by atoms with Crippen molar-refractivity contribution in [2.24, 2.45) is 11.7 Å². The molecule has 0 spiro atoms. The van der Waals surface area contributed by atoms with E-state index in [1.807, 2.05) is 13.0 Å². The number of hydrogen-bond donors (Lipinski definition) is 1. The first-order valence-corrected chi connectivity index (χ1v) is 7.39. The van der Waals surface area contributed by atoms with Gasteiger partial charge in [-0.15, -0.1) is 0 Å². The molecule has 1 aliphatic carbocycles. The molecule has 19 heavy (non-hydrogen) atoms. The molecule has 1 saturated carbocycles. The zero-order valence-corrected chi connectivity index (χ0v) is 12.5. The number of nitrogens with two attached hydrogens (primary N) is 1. The molecule has 0 amide bonds. The minimum atomic E-state index is 0.179. The highest BCUT2D eigenvalue weighted by Crippen LogP contribution is 2.35. The van der Waals surface area contributed by atoms with Crippen molar-refractivity contribution in [3.05, 3.63) is 29.6 Å². The lowest BCUT2D eigenvalue weighted by molar-refractivity contribution is 0.0606. The summed E-state index contributed by atoms with van der Waals surface area (Å²) in [6.45, 7) is 6.04. The Morgan fingerprint density at radius 2 is 2.05 bits per heavy atom. The fourth-order valence-corrected chi connectivity index (χ4v) is 3.14. The summed E-state index contributed by atoms with van der Waals surface area (Å²) in [5.41, 5.74) is 8.52. The second-order valence-corrected chi connectivity index (χ2v) is 6.24. The minimum Gasteiger partial charge on any atom is -0.329 e. The fourth-order valence-electron chi connectivity index (χ4n) is 3.14. The standard InChI is InChI=1S/C16H27N3/c1-13-7-9-16(12-17,10-8-13)19(3)11-15-6-4-5-14(2)18-15/h4-6,13H,7-12,17H2,1-3H3. The van der Waals surface area contributed by atoms with E-state index in [1.54, 1.807) is 0 Å². The van der Waals surface area contributed by atoms with Gasteiger partial charge in [-0.25, -0.2) is 0 Å². The molecule has 3 heteroatoms. The molecule has 1 aromatic heterocycles. The Kier molecular flexibility index (Phi) is 4.58. The van der Waals surface area contributed by atoms with E-state index in [4.69, 9.17) is 5.73 Å². The maximum absolute atomic E-state index is 6.11. The maximum atomic E-state index is 6.11. The van der Waals surface area contributed by atoms with Gasteiger partial charge in [0.1, 0.15) is 0 Å². The normalized spacial score (nSPS) is 27.7. The molecule has 0 saturated heterocycles. The van der Waals surface area contributed by atoms with Gasteiger partial charge in [0, 0.05) is 24.3 Å². The summed E-state index contributed by atoms with van der Waals surface area (Å²) in [6.07, 6.45) is 5.02. The predicted octanol–water partition coefficient (Wildman–Crippen LogP) is 2.73. The van der Waals surface area contributed by atoms with Crippen molar-refractivity contribution in [3.63, 3.8) is 0 Å². The summed E-state index contributed by atoms with van der Waals surface area (Å²) < 4.78 is 0. The average Bonchev–Trinajstić information content (AvgIpc) is 2.40. The van der Waals surface area contributed by atoms with Crippen LogP contribution in [0.4, 0.5) is 0 Å². The van der Waals surface area contributed by atoms with Crippen LogP contribution in [-0.4, -0.2) is 29.0 Å². The summed E-state index contributed by atoms with van der Waals surface area (Å²) in [4.78, 5) is 7.04. The molecular weight excluding hydrogens is 234 g/mol. The molecule has 1 heterocycles. The molecule has 1 fully saturated rings. The third-order valence-corrected chi connectivity index (χ3v) is 4.74. The highest BCUT2D eigenvalue weighted by molar-refractivity contribution is 5.10. The number of aromatic nitrogens is 1. The third-order valence-electron chi connectivity index (χ3n) is 4.74. The van der Waals surface area contributed by atoms with Gasteiger partial charge in [0.05, 0.1) is 5.69 Å². The van der Waals surface area contributed by atoms with E-state index >= 15 is 0 Å². The Morgan fingerprint density at radius 3 is 2.63 bits per heavy atom. The molecule has 0 aromatic carbocycles. The van der Waals surface area contributed by atoms with Crippen LogP contribution in [0.2, 0.25) is 0 Å². The van der Waals surface area contributed by atoms with Gasteiger partial charge in [0.15, 0.2) is 0 Å². The highest BCUT2D eigenvalue weighted by Gasteiger charge is 2.36. The number of likely N-dealkylation sites (N-methyl/N-ethyl adjacent to an activating group) is 1. The van der Waals surface area contributed by atoms with Crippen LogP contribution in [0.1, 0.15) is 44.0 Å². The number of pyridine rings is 1. The molecule has 0 atom stereocenters. The number of rotatable bonds is 4. The zero-order valence-electron chi connectivity index (χ0n) is 12.5. The SMILES string of the molecule is Cc1cccc(CN(C)C2(CN)CCC(C)CC2)n1. The molecule has 1 aliphatic rings. The van der Waals surface area contributed by atoms with Gasteiger partial charge < -0.3 is 5.73 Å². The Balaban J connectivity index is 2.06. The van der Waals surface area contributed by atoms with E-state index < -0.39 is 0 Å². The molecule has 0 bridgehead atoms. The van der Waals surface area contributed by atoms with Gasteiger partial charge in [0.25, 0.3) is 0 Å². The molecule has 3 nitrogen and oxygen atoms in total. The maximum Gasteiger partial charge on any atom is 0.0547 e. The summed E-state index contributed by atoms with van der Waals surface area (Å²) in [5.74, 6) is 0.852. The lowest BCUT2D eigenvalue weighted by Crippen LogP contribution is -2.53. The second kappa shape index (κ2) is 6.02. The Bertz CT molecular complexity index is 408. The number of hydrogen-bond acceptors (Lipinski definition) is 3. The predicted molar refractivity (Wildman–Crippen MR) is 79.9 cm³/mol. The smallest absolute Gasteiger partial charge is 0.0547 e. The van der Waals surface area contributed by atoms with Gasteiger partial charge in [-0.3, -0.25) is 9.88 Å². The van der Waals surface area contributed by atoms with Crippen LogP contribution >= 0.6 is 0 Å². The molecule has 106 valence electrons. The first-order chi connectivity index (χ1) is 9.05. The van der Waals surface area contributed by atoms with E-state index in [2.05, 4.69) is 36.0 Å². The van der Waals surface area contributed by atoms with Crippen LogP contribution in [-0.2, 0) is 6.54 Å². The summed E-state index contributed by atoms with van der Waals surface area (Å²) >= 11 is 0. The molecule has 0 radical (unpaired) electrons. The largest absolute Gasteiger partial charge is 0.329 e. The van der Waals surface area contributed by atoms with Crippen LogP contribution in [0.15, 0.2) is 18.2 Å². The van der Waals surface area contributed by atoms with Crippen molar-refractivity contribution in [1.29, 1.82) is 0 Å². The van der Waals surface area contributed by atoms with E-state index in [9.17, 15) is 0 Å². The van der Waals surface area contributed by atoms with Gasteiger partial charge in [0.2, 0.25) is 0 Å². The van der Waals surface area contributed by atoms with Crippen molar-refractivity contribution in [2.45, 2.75) is 51.6 Å². The number of aryl methyl sites for hydroxylation is 1. The Morgan fingerprint density at radius 1 is 1.37 bits per heavy atom. The summed E-state index contributed by atoms with van der Waals surface area (Å²) in [7, 11) is 2.20. The molecule has 1 aromatic rings. The van der Waals surface area contributed by atoms with Gasteiger partial charge in [-0.05, 0) is 57.7 Å². The molecule has 0 aliphatic heterocycles. The van der Waals surface area contributed by atoms with Crippen LogP contribution in [0.25, 0.3) is 0 Å². The molecule has 2 N–H and O–H groups in total. The lowest BCUT2D eigenvalue weighted by atomic mass is 9.76. The topological polar surface area (TPSA) is 42.1 Å². The van der Waals surface area contributed by atoms with E-state index in [0.29, 0.717) is 0 Å². The highest BCUT2D eigenvalue weighted by atomic mass is 15.2. The fraction of sp³-hybridized carbons (Fsp3) is 0.688. The zero-order chi connectivity index (χ0) is 13.9. The quantitative estimate of drug-likeness (QED) is 0.906. The second-order valence-electron chi connectivity index (χ2n) is 6.24. The average molecular weight is 261 g/mol. The first-order valence-electron chi connectivity index (χ1n) is 7.39. The lowest BCUT2D eigenvalue weighted by Gasteiger charge is -2.45. The minimum absolute atomic E-state index is 0.179. The van der Waals surface area contributed by atoms with Gasteiger partial charge in [-0.2, -0.15) is 0 Å². The van der Waals surface area contributed by atoms with Crippen LogP contribution in [0, 0.1) is 12.8 Å². The van der Waals surface area contributed by atoms with Crippen LogP contribution in [0.3, 0.4) is 0 Å². The van der Waals surface area contributed by atoms with E-state index in [1.165, 1.54) is 25.7 Å². The summed E-state index contributed by atoms with van der Waals surface area (Å²) in [6, 6.07) is 6.24. The monoisotopic (exact) mass is 261 g/mol. The molecule has 2 rings (SSSR count). The Hall–Kier alpha value is -0.930. The van der Waals surface area contributed by atoms with Crippen molar-refractivity contribution in [1.82, 2.24) is 9.88 Å². The van der Waals surface area contributed by atoms with Crippen molar-refractivity contribution < 1.29 is 0 Å². The van der Waals surface area contributed by atoms with Crippen molar-refractivity contribution in [2.75, 3.05) is 13.6 Å². The van der Waals surface area contributed by atoms with E-state index in [-0.39, 0.29) is 5.54 Å². The molecular formula is C16H27N3. The van der Waals surface area contributed by atoms with Crippen molar-refractivity contribution >= 4 is 0 Å². The molecule has 0 unspecified atom stereocenters. The van der Waals surface area contributed by atoms with Crippen molar-refractivity contribution in [3.8, 4) is 0 Å². The van der Waals surface area contributed by atoms with E-state index in [0.717, 1.165) is 30.4 Å². The third kappa shape index (κ3) is 3.34. The summed E-state index contributed by atoms with van der Waals surface area (Å²) in [5, 5.41) is 0. The Labute approximate surface area is 117 Å². The first kappa shape index (κ1) is 14.5. The van der Waals surface area contributed by atoms with Gasteiger partial charge in [-0.1, -0.05) is 13.0 Å². The number of nitrogens with zero attached hydrogens (tertiary/aromatic N) is 2.